The van der Waals surface area contributed by atoms with Crippen molar-refractivity contribution < 1.29 is 13.7 Å². The molecule has 4 rings (SSSR count). The van der Waals surface area contributed by atoms with Gasteiger partial charge in [0.15, 0.2) is 11.5 Å². The summed E-state index contributed by atoms with van der Waals surface area (Å²) in [5, 5.41) is 3.92. The molecule has 1 aliphatic rings. The molecule has 2 aromatic heterocycles. The topological polar surface area (TPSA) is 59.5 Å². The highest BCUT2D eigenvalue weighted by Gasteiger charge is 2.29. The van der Waals surface area contributed by atoms with Crippen molar-refractivity contribution in [2.45, 2.75) is 13.3 Å². The Morgan fingerprint density at radius 2 is 2.09 bits per heavy atom. The van der Waals surface area contributed by atoms with Crippen molar-refractivity contribution in [3.8, 4) is 11.5 Å². The molecule has 1 aliphatic heterocycles. The van der Waals surface area contributed by atoms with Crippen LogP contribution in [0.2, 0.25) is 0 Å². The van der Waals surface area contributed by atoms with Crippen molar-refractivity contribution >= 4 is 11.6 Å². The Labute approximate surface area is 133 Å². The van der Waals surface area contributed by atoms with Crippen LogP contribution >= 0.6 is 0 Å². The molecule has 1 amide bonds. The Morgan fingerprint density at radius 1 is 1.22 bits per heavy atom. The molecule has 0 aliphatic carbocycles. The van der Waals surface area contributed by atoms with Crippen LogP contribution in [0.3, 0.4) is 0 Å². The normalized spacial score (nSPS) is 17.1. The fourth-order valence-corrected chi connectivity index (χ4v) is 3.04. The predicted octanol–water partition coefficient (Wildman–Crippen LogP) is 3.77. The fraction of sp³-hybridized carbons (Fsp3) is 0.222. The molecule has 116 valence electrons. The molecule has 1 unspecified atom stereocenters. The Balaban J connectivity index is 1.67. The number of amides is 1. The van der Waals surface area contributed by atoms with Crippen molar-refractivity contribution in [3.63, 3.8) is 0 Å². The number of rotatable bonds is 2. The van der Waals surface area contributed by atoms with Gasteiger partial charge in [0.05, 0.1) is 6.26 Å². The largest absolute Gasteiger partial charge is 0.461 e. The first-order chi connectivity index (χ1) is 11.2. The molecule has 0 saturated heterocycles. The van der Waals surface area contributed by atoms with E-state index in [9.17, 15) is 4.79 Å². The number of carbonyl (C=O) groups excluding carboxylic acids is 1. The van der Waals surface area contributed by atoms with Crippen LogP contribution < -0.4 is 4.90 Å². The van der Waals surface area contributed by atoms with Crippen molar-refractivity contribution in [2.24, 2.45) is 5.92 Å². The first-order valence-corrected chi connectivity index (χ1v) is 7.63. The second-order valence-corrected chi connectivity index (χ2v) is 5.91. The number of nitrogens with zero attached hydrogens (tertiary/aromatic N) is 2. The van der Waals surface area contributed by atoms with Crippen molar-refractivity contribution in [1.82, 2.24) is 5.16 Å². The number of furan rings is 1. The number of hydrogen-bond donors (Lipinski definition) is 0. The minimum absolute atomic E-state index is 0.148. The van der Waals surface area contributed by atoms with Crippen molar-refractivity contribution in [3.05, 3.63) is 60.0 Å². The maximum atomic E-state index is 12.9. The number of hydrogen-bond acceptors (Lipinski definition) is 4. The average molecular weight is 308 g/mol. The summed E-state index contributed by atoms with van der Waals surface area (Å²) in [6.07, 6.45) is 2.54. The Kier molecular flexibility index (Phi) is 3.26. The summed E-state index contributed by atoms with van der Waals surface area (Å²) in [4.78, 5) is 14.6. The first-order valence-electron chi connectivity index (χ1n) is 7.63. The molecule has 3 heterocycles. The summed E-state index contributed by atoms with van der Waals surface area (Å²) < 4.78 is 10.5. The molecule has 5 nitrogen and oxygen atoms in total. The predicted molar refractivity (Wildman–Crippen MR) is 85.2 cm³/mol. The van der Waals surface area contributed by atoms with E-state index in [1.807, 2.05) is 18.2 Å². The van der Waals surface area contributed by atoms with E-state index in [4.69, 9.17) is 8.94 Å². The van der Waals surface area contributed by atoms with Gasteiger partial charge in [-0.3, -0.25) is 4.79 Å². The van der Waals surface area contributed by atoms with Crippen molar-refractivity contribution in [1.29, 1.82) is 0 Å². The third kappa shape index (κ3) is 2.44. The van der Waals surface area contributed by atoms with E-state index in [1.165, 1.54) is 5.56 Å². The van der Waals surface area contributed by atoms with Gasteiger partial charge in [-0.25, -0.2) is 0 Å². The summed E-state index contributed by atoms with van der Waals surface area (Å²) in [7, 11) is 0. The number of carbonyl (C=O) groups is 1. The van der Waals surface area contributed by atoms with Gasteiger partial charge in [0.1, 0.15) is 0 Å². The van der Waals surface area contributed by atoms with Gasteiger partial charge in [-0.1, -0.05) is 30.3 Å². The number of para-hydroxylation sites is 1. The van der Waals surface area contributed by atoms with Gasteiger partial charge < -0.3 is 13.8 Å². The summed E-state index contributed by atoms with van der Waals surface area (Å²) in [5.74, 6) is 1.27. The lowest BCUT2D eigenvalue weighted by Crippen LogP contribution is -2.39. The van der Waals surface area contributed by atoms with Gasteiger partial charge in [0, 0.05) is 18.3 Å². The second-order valence-electron chi connectivity index (χ2n) is 5.91. The highest BCUT2D eigenvalue weighted by atomic mass is 16.5. The lowest BCUT2D eigenvalue weighted by molar-refractivity contribution is 0.0972. The monoisotopic (exact) mass is 308 g/mol. The minimum Gasteiger partial charge on any atom is -0.461 e. The molecular formula is C18H16N2O3. The molecule has 23 heavy (non-hydrogen) atoms. The number of anilines is 1. The fourth-order valence-electron chi connectivity index (χ4n) is 3.04. The zero-order valence-corrected chi connectivity index (χ0v) is 12.7. The van der Waals surface area contributed by atoms with Crippen molar-refractivity contribution in [2.75, 3.05) is 11.4 Å². The molecule has 0 spiro atoms. The Hall–Kier alpha value is -2.82. The van der Waals surface area contributed by atoms with Crippen LogP contribution in [0.15, 0.2) is 57.7 Å². The average Bonchev–Trinajstić information content (AvgIpc) is 3.24. The van der Waals surface area contributed by atoms with E-state index >= 15 is 0 Å². The maximum Gasteiger partial charge on any atom is 0.280 e. The molecule has 0 radical (unpaired) electrons. The van der Waals surface area contributed by atoms with E-state index < -0.39 is 0 Å². The molecule has 1 aromatic carbocycles. The summed E-state index contributed by atoms with van der Waals surface area (Å²) >= 11 is 0. The van der Waals surface area contributed by atoms with E-state index in [0.717, 1.165) is 12.1 Å². The second kappa shape index (κ2) is 5.43. The Morgan fingerprint density at radius 3 is 2.91 bits per heavy atom. The summed E-state index contributed by atoms with van der Waals surface area (Å²) in [6.45, 7) is 2.83. The van der Waals surface area contributed by atoms with Gasteiger partial charge in [0.2, 0.25) is 5.76 Å². The van der Waals surface area contributed by atoms with Gasteiger partial charge in [0.25, 0.3) is 5.91 Å². The first kappa shape index (κ1) is 13.8. The third-order valence-corrected chi connectivity index (χ3v) is 4.08. The zero-order chi connectivity index (χ0) is 15.8. The van der Waals surface area contributed by atoms with Gasteiger partial charge >= 0.3 is 0 Å². The number of aromatic nitrogens is 1. The van der Waals surface area contributed by atoms with Crippen LogP contribution in [0.5, 0.6) is 0 Å². The molecule has 5 heteroatoms. The summed E-state index contributed by atoms with van der Waals surface area (Å²) in [6, 6.07) is 13.2. The summed E-state index contributed by atoms with van der Waals surface area (Å²) in [5.41, 5.74) is 2.44. The van der Waals surface area contributed by atoms with Crippen LogP contribution in [-0.4, -0.2) is 17.6 Å². The lowest BCUT2D eigenvalue weighted by atomic mass is 9.93. The molecule has 0 N–H and O–H groups in total. The van der Waals surface area contributed by atoms with E-state index in [-0.39, 0.29) is 5.91 Å². The molecule has 0 saturated carbocycles. The molecule has 0 fully saturated rings. The standard InChI is InChI=1S/C18H16N2O3/c1-12-9-13-5-2-3-6-15(13)20(11-12)18(21)14-10-17(23-19-14)16-7-4-8-22-16/h2-8,10,12H,9,11H2,1H3. The smallest absolute Gasteiger partial charge is 0.280 e. The van der Waals surface area contributed by atoms with Gasteiger partial charge in [-0.15, -0.1) is 0 Å². The van der Waals surface area contributed by atoms with Crippen LogP contribution in [0, 0.1) is 5.92 Å². The Bertz CT molecular complexity index is 836. The van der Waals surface area contributed by atoms with Crippen LogP contribution in [0.4, 0.5) is 5.69 Å². The number of benzene rings is 1. The number of fused-ring (bicyclic) bond motifs is 1. The van der Waals surface area contributed by atoms with Gasteiger partial charge in [-0.2, -0.15) is 0 Å². The quantitative estimate of drug-likeness (QED) is 0.723. The molecular weight excluding hydrogens is 292 g/mol. The highest BCUT2D eigenvalue weighted by molar-refractivity contribution is 6.05. The zero-order valence-electron chi connectivity index (χ0n) is 12.7. The van der Waals surface area contributed by atoms with E-state index in [2.05, 4.69) is 18.1 Å². The molecule has 3 aromatic rings. The van der Waals surface area contributed by atoms with Gasteiger partial charge in [-0.05, 0) is 36.1 Å². The van der Waals surface area contributed by atoms with E-state index in [0.29, 0.717) is 29.7 Å². The lowest BCUT2D eigenvalue weighted by Gasteiger charge is -2.32. The minimum atomic E-state index is -0.148. The van der Waals surface area contributed by atoms with E-state index in [1.54, 1.807) is 29.4 Å². The SMILES string of the molecule is CC1Cc2ccccc2N(C(=O)c2cc(-c3ccco3)on2)C1. The molecule has 1 atom stereocenters. The van der Waals surface area contributed by atoms with Crippen LogP contribution in [0.1, 0.15) is 23.0 Å². The third-order valence-electron chi connectivity index (χ3n) is 4.08. The molecule has 0 bridgehead atoms. The van der Waals surface area contributed by atoms with Crippen LogP contribution in [-0.2, 0) is 6.42 Å². The maximum absolute atomic E-state index is 12.9. The highest BCUT2D eigenvalue weighted by Crippen LogP contribution is 2.31. The van der Waals surface area contributed by atoms with Crippen LogP contribution in [0.25, 0.3) is 11.5 Å².